The Labute approximate surface area is 155 Å². The highest BCUT2D eigenvalue weighted by molar-refractivity contribution is 6.04. The number of carbonyl (C=O) groups is 3. The largest absolute Gasteiger partial charge is 0.345 e. The smallest absolute Gasteiger partial charge is 0.237 e. The van der Waals surface area contributed by atoms with Gasteiger partial charge in [-0.2, -0.15) is 0 Å². The maximum atomic E-state index is 12.9. The van der Waals surface area contributed by atoms with Crippen molar-refractivity contribution in [3.05, 3.63) is 30.1 Å². The predicted octanol–water partition coefficient (Wildman–Crippen LogP) is 0.799. The maximum Gasteiger partial charge on any atom is 0.237 e. The van der Waals surface area contributed by atoms with Crippen LogP contribution < -0.4 is 0 Å². The first-order valence-electron chi connectivity index (χ1n) is 8.93. The lowest BCUT2D eigenvalue weighted by Crippen LogP contribution is -2.56. The van der Waals surface area contributed by atoms with Gasteiger partial charge in [0.15, 0.2) is 0 Å². The highest BCUT2D eigenvalue weighted by Crippen LogP contribution is 2.23. The first-order valence-corrected chi connectivity index (χ1v) is 8.93. The van der Waals surface area contributed by atoms with Crippen LogP contribution in [-0.2, 0) is 20.8 Å². The second-order valence-corrected chi connectivity index (χ2v) is 7.26. The third kappa shape index (κ3) is 4.59. The van der Waals surface area contributed by atoms with Crippen molar-refractivity contribution in [1.82, 2.24) is 19.7 Å². The van der Waals surface area contributed by atoms with E-state index in [0.29, 0.717) is 39.1 Å². The van der Waals surface area contributed by atoms with Crippen LogP contribution in [0.15, 0.2) is 24.5 Å². The van der Waals surface area contributed by atoms with Crippen molar-refractivity contribution in [3.8, 4) is 0 Å². The fourth-order valence-corrected chi connectivity index (χ4v) is 3.14. The first kappa shape index (κ1) is 19.9. The van der Waals surface area contributed by atoms with Crippen LogP contribution in [0.4, 0.5) is 0 Å². The molecule has 0 aliphatic carbocycles. The second kappa shape index (κ2) is 8.29. The number of piperazine rings is 1. The number of hydrogen-bond acceptors (Lipinski definition) is 4. The zero-order valence-electron chi connectivity index (χ0n) is 16.1. The van der Waals surface area contributed by atoms with Crippen molar-refractivity contribution in [3.63, 3.8) is 0 Å². The molecule has 0 radical (unpaired) electrons. The molecule has 0 aromatic carbocycles. The summed E-state index contributed by atoms with van der Waals surface area (Å²) < 4.78 is 0. The van der Waals surface area contributed by atoms with E-state index < -0.39 is 5.41 Å². The summed E-state index contributed by atoms with van der Waals surface area (Å²) in [6.45, 7) is 7.40. The van der Waals surface area contributed by atoms with Gasteiger partial charge in [-0.15, -0.1) is 0 Å². The molecule has 0 unspecified atom stereocenters. The quantitative estimate of drug-likeness (QED) is 0.728. The minimum atomic E-state index is -1.12. The highest BCUT2D eigenvalue weighted by atomic mass is 16.2. The number of hydrogen-bond donors (Lipinski definition) is 0. The molecule has 1 saturated heterocycles. The lowest BCUT2D eigenvalue weighted by atomic mass is 9.89. The molecule has 0 bridgehead atoms. The number of nitrogens with zero attached hydrogens (tertiary/aromatic N) is 4. The monoisotopic (exact) mass is 360 g/mol. The molecule has 3 amide bonds. The molecule has 7 heteroatoms. The first-order chi connectivity index (χ1) is 12.2. The van der Waals surface area contributed by atoms with Crippen LogP contribution in [0, 0.1) is 5.41 Å². The zero-order chi connectivity index (χ0) is 19.3. The molecule has 0 spiro atoms. The van der Waals surface area contributed by atoms with Gasteiger partial charge in [0.1, 0.15) is 5.41 Å². The molecule has 1 aliphatic rings. The lowest BCUT2D eigenvalue weighted by Gasteiger charge is -2.38. The average Bonchev–Trinajstić information content (AvgIpc) is 2.65. The fraction of sp³-hybridized carbons (Fsp3) is 0.579. The molecular weight excluding hydrogens is 332 g/mol. The summed E-state index contributed by atoms with van der Waals surface area (Å²) in [5, 5.41) is 0. The second-order valence-electron chi connectivity index (χ2n) is 7.26. The van der Waals surface area contributed by atoms with Crippen LogP contribution in [0.25, 0.3) is 0 Å². The number of amides is 3. The molecule has 142 valence electrons. The lowest BCUT2D eigenvalue weighted by molar-refractivity contribution is -0.155. The average molecular weight is 360 g/mol. The molecule has 1 aromatic rings. The van der Waals surface area contributed by atoms with Gasteiger partial charge in [0, 0.05) is 59.1 Å². The molecular formula is C19H28N4O3. The molecule has 1 aromatic heterocycles. The Morgan fingerprint density at radius 2 is 1.62 bits per heavy atom. The van der Waals surface area contributed by atoms with Gasteiger partial charge in [0.2, 0.25) is 17.7 Å². The molecule has 26 heavy (non-hydrogen) atoms. The molecule has 2 rings (SSSR count). The summed E-state index contributed by atoms with van der Waals surface area (Å²) in [6.07, 6.45) is 4.17. The summed E-state index contributed by atoms with van der Waals surface area (Å²) in [7, 11) is 1.73. The molecule has 1 fully saturated rings. The van der Waals surface area contributed by atoms with E-state index in [1.54, 1.807) is 48.0 Å². The van der Waals surface area contributed by atoms with Crippen LogP contribution in [0.1, 0.15) is 26.3 Å². The summed E-state index contributed by atoms with van der Waals surface area (Å²) in [4.78, 5) is 46.2. The van der Waals surface area contributed by atoms with E-state index in [1.165, 1.54) is 6.92 Å². The Kier molecular flexibility index (Phi) is 6.34. The number of likely N-dealkylation sites (N-methyl/N-ethyl adjacent to an activating group) is 1. The number of aromatic nitrogens is 1. The Morgan fingerprint density at radius 3 is 2.15 bits per heavy atom. The van der Waals surface area contributed by atoms with Crippen molar-refractivity contribution < 1.29 is 14.4 Å². The van der Waals surface area contributed by atoms with Crippen LogP contribution in [-0.4, -0.2) is 77.2 Å². The van der Waals surface area contributed by atoms with E-state index in [-0.39, 0.29) is 17.7 Å². The Bertz CT molecular complexity index is 652. The van der Waals surface area contributed by atoms with Crippen molar-refractivity contribution in [1.29, 1.82) is 0 Å². The van der Waals surface area contributed by atoms with E-state index in [9.17, 15) is 14.4 Å². The van der Waals surface area contributed by atoms with Gasteiger partial charge in [0.25, 0.3) is 0 Å². The minimum Gasteiger partial charge on any atom is -0.345 e. The fourth-order valence-electron chi connectivity index (χ4n) is 3.14. The van der Waals surface area contributed by atoms with Gasteiger partial charge in [-0.1, -0.05) is 0 Å². The van der Waals surface area contributed by atoms with Crippen molar-refractivity contribution in [2.75, 3.05) is 39.8 Å². The van der Waals surface area contributed by atoms with Gasteiger partial charge in [-0.25, -0.2) is 0 Å². The van der Waals surface area contributed by atoms with Crippen LogP contribution in [0.5, 0.6) is 0 Å². The third-order valence-corrected chi connectivity index (χ3v) is 4.91. The van der Waals surface area contributed by atoms with E-state index in [2.05, 4.69) is 4.98 Å². The standard InChI is InChI=1S/C19H28N4O3/c1-15(24)22-11-13-23(14-12-22)18(26)19(2,3)17(25)21(4)10-7-16-5-8-20-9-6-16/h5-6,8-9H,7,10-14H2,1-4H3. The SMILES string of the molecule is CC(=O)N1CCN(C(=O)C(C)(C)C(=O)N(C)CCc2ccncc2)CC1. The summed E-state index contributed by atoms with van der Waals surface area (Å²) in [5.74, 6) is -0.352. The predicted molar refractivity (Wildman–Crippen MR) is 98.2 cm³/mol. The van der Waals surface area contributed by atoms with E-state index in [0.717, 1.165) is 5.56 Å². The van der Waals surface area contributed by atoms with Gasteiger partial charge < -0.3 is 14.7 Å². The summed E-state index contributed by atoms with van der Waals surface area (Å²) in [6, 6.07) is 3.84. The molecule has 0 atom stereocenters. The summed E-state index contributed by atoms with van der Waals surface area (Å²) in [5.41, 5.74) is -0.0186. The molecule has 2 heterocycles. The Hall–Kier alpha value is -2.44. The van der Waals surface area contributed by atoms with Crippen molar-refractivity contribution in [2.24, 2.45) is 5.41 Å². The molecule has 7 nitrogen and oxygen atoms in total. The zero-order valence-corrected chi connectivity index (χ0v) is 16.1. The highest BCUT2D eigenvalue weighted by Gasteiger charge is 2.41. The normalized spacial score (nSPS) is 14.9. The van der Waals surface area contributed by atoms with Gasteiger partial charge >= 0.3 is 0 Å². The molecule has 0 saturated carbocycles. The number of carbonyl (C=O) groups excluding carboxylic acids is 3. The number of rotatable bonds is 5. The minimum absolute atomic E-state index is 0.0169. The third-order valence-electron chi connectivity index (χ3n) is 4.91. The van der Waals surface area contributed by atoms with Crippen LogP contribution in [0.3, 0.4) is 0 Å². The van der Waals surface area contributed by atoms with E-state index >= 15 is 0 Å². The van der Waals surface area contributed by atoms with Crippen molar-refractivity contribution in [2.45, 2.75) is 27.2 Å². The van der Waals surface area contributed by atoms with Crippen LogP contribution in [0.2, 0.25) is 0 Å². The Balaban J connectivity index is 1.93. The molecule has 1 aliphatic heterocycles. The maximum absolute atomic E-state index is 12.9. The van der Waals surface area contributed by atoms with E-state index in [4.69, 9.17) is 0 Å². The molecule has 0 N–H and O–H groups in total. The topological polar surface area (TPSA) is 73.8 Å². The van der Waals surface area contributed by atoms with E-state index in [1.807, 2.05) is 12.1 Å². The number of pyridine rings is 1. The van der Waals surface area contributed by atoms with Gasteiger partial charge in [-0.3, -0.25) is 19.4 Å². The van der Waals surface area contributed by atoms with Gasteiger partial charge in [0.05, 0.1) is 0 Å². The Morgan fingerprint density at radius 1 is 1.08 bits per heavy atom. The van der Waals surface area contributed by atoms with Crippen molar-refractivity contribution >= 4 is 17.7 Å². The summed E-state index contributed by atoms with van der Waals surface area (Å²) >= 11 is 0. The van der Waals surface area contributed by atoms with Crippen LogP contribution >= 0.6 is 0 Å². The van der Waals surface area contributed by atoms with Gasteiger partial charge in [-0.05, 0) is 38.0 Å².